The summed E-state index contributed by atoms with van der Waals surface area (Å²) in [4.78, 5) is 28.2. The number of rotatable bonds is 7. The summed E-state index contributed by atoms with van der Waals surface area (Å²) in [6.07, 6.45) is 1.73. The van der Waals surface area contributed by atoms with Crippen LogP contribution in [0.3, 0.4) is 0 Å². The summed E-state index contributed by atoms with van der Waals surface area (Å²) in [5, 5.41) is 5.53. The topological polar surface area (TPSA) is 71.1 Å². The third-order valence-electron chi connectivity index (χ3n) is 2.99. The van der Waals surface area contributed by atoms with E-state index < -0.39 is 0 Å². The molecule has 0 aliphatic carbocycles. The van der Waals surface area contributed by atoms with Crippen LogP contribution in [0.5, 0.6) is 0 Å². The predicted molar refractivity (Wildman–Crippen MR) is 93.5 cm³/mol. The van der Waals surface area contributed by atoms with Crippen molar-refractivity contribution in [2.24, 2.45) is 0 Å². The Hall–Kier alpha value is -2.34. The van der Waals surface area contributed by atoms with Crippen LogP contribution in [0.2, 0.25) is 0 Å². The predicted octanol–water partition coefficient (Wildman–Crippen LogP) is 2.70. The zero-order valence-electron chi connectivity index (χ0n) is 12.9. The Balaban J connectivity index is 1.89. The summed E-state index contributed by atoms with van der Waals surface area (Å²) < 4.78 is 0. The number of amides is 2. The minimum Gasteiger partial charge on any atom is -0.352 e. The van der Waals surface area contributed by atoms with Crippen LogP contribution >= 0.6 is 11.8 Å². The Labute approximate surface area is 139 Å². The second-order valence-corrected chi connectivity index (χ2v) is 5.75. The summed E-state index contributed by atoms with van der Waals surface area (Å²) in [7, 11) is 0. The second-order valence-electron chi connectivity index (χ2n) is 4.77. The first-order chi connectivity index (χ1) is 11.2. The number of thioether (sulfide) groups is 1. The highest BCUT2D eigenvalue weighted by molar-refractivity contribution is 7.99. The highest BCUT2D eigenvalue weighted by Gasteiger charge is 2.12. The van der Waals surface area contributed by atoms with Gasteiger partial charge in [-0.1, -0.05) is 18.2 Å². The van der Waals surface area contributed by atoms with Gasteiger partial charge in [0.2, 0.25) is 5.91 Å². The molecule has 0 bridgehead atoms. The lowest BCUT2D eigenvalue weighted by Crippen LogP contribution is -2.25. The molecule has 2 amide bonds. The van der Waals surface area contributed by atoms with Gasteiger partial charge in [0.1, 0.15) is 0 Å². The maximum Gasteiger partial charge on any atom is 0.253 e. The molecule has 0 unspecified atom stereocenters. The van der Waals surface area contributed by atoms with Crippen molar-refractivity contribution in [3.63, 3.8) is 0 Å². The molecular formula is C17H19N3O2S. The quantitative estimate of drug-likeness (QED) is 0.819. The standard InChI is InChI=1S/C17H19N3O2S/c1-2-18-17(22)14-8-3-4-9-15(14)20-16(21)12-23-11-13-7-5-6-10-19-13/h3-10H,2,11-12H2,1H3,(H,18,22)(H,20,21). The van der Waals surface area contributed by atoms with Crippen molar-refractivity contribution in [1.82, 2.24) is 10.3 Å². The first kappa shape index (κ1) is 17.0. The first-order valence-corrected chi connectivity index (χ1v) is 8.51. The van der Waals surface area contributed by atoms with E-state index in [9.17, 15) is 9.59 Å². The number of carbonyl (C=O) groups excluding carboxylic acids is 2. The molecule has 0 saturated carbocycles. The van der Waals surface area contributed by atoms with Crippen LogP contribution in [0.25, 0.3) is 0 Å². The fraction of sp³-hybridized carbons (Fsp3) is 0.235. The monoisotopic (exact) mass is 329 g/mol. The van der Waals surface area contributed by atoms with Gasteiger partial charge >= 0.3 is 0 Å². The molecule has 0 spiro atoms. The summed E-state index contributed by atoms with van der Waals surface area (Å²) in [5.74, 6) is 0.652. The number of hydrogen-bond acceptors (Lipinski definition) is 4. The van der Waals surface area contributed by atoms with E-state index in [1.807, 2.05) is 25.1 Å². The molecule has 0 aliphatic rings. The molecule has 5 nitrogen and oxygen atoms in total. The molecule has 1 aromatic heterocycles. The van der Waals surface area contributed by atoms with Gasteiger partial charge in [-0.25, -0.2) is 0 Å². The van der Waals surface area contributed by atoms with Crippen LogP contribution < -0.4 is 10.6 Å². The fourth-order valence-corrected chi connectivity index (χ4v) is 2.70. The lowest BCUT2D eigenvalue weighted by Gasteiger charge is -2.10. The van der Waals surface area contributed by atoms with Crippen LogP contribution in [0.4, 0.5) is 5.69 Å². The number of hydrogen-bond donors (Lipinski definition) is 2. The van der Waals surface area contributed by atoms with Crippen molar-refractivity contribution < 1.29 is 9.59 Å². The number of para-hydroxylation sites is 1. The molecule has 0 saturated heterocycles. The molecule has 2 aromatic rings. The van der Waals surface area contributed by atoms with Crippen LogP contribution in [0.1, 0.15) is 23.0 Å². The van der Waals surface area contributed by atoms with E-state index in [1.165, 1.54) is 11.8 Å². The molecule has 0 atom stereocenters. The zero-order valence-corrected chi connectivity index (χ0v) is 13.7. The normalized spacial score (nSPS) is 10.1. The van der Waals surface area contributed by atoms with E-state index in [4.69, 9.17) is 0 Å². The molecule has 23 heavy (non-hydrogen) atoms. The van der Waals surface area contributed by atoms with E-state index in [0.29, 0.717) is 29.3 Å². The van der Waals surface area contributed by atoms with E-state index >= 15 is 0 Å². The number of aromatic nitrogens is 1. The lowest BCUT2D eigenvalue weighted by molar-refractivity contribution is -0.113. The number of nitrogens with zero attached hydrogens (tertiary/aromatic N) is 1. The Morgan fingerprint density at radius 2 is 1.91 bits per heavy atom. The molecule has 2 rings (SSSR count). The highest BCUT2D eigenvalue weighted by Crippen LogP contribution is 2.16. The van der Waals surface area contributed by atoms with Crippen molar-refractivity contribution in [1.29, 1.82) is 0 Å². The third kappa shape index (κ3) is 5.41. The van der Waals surface area contributed by atoms with Crippen LogP contribution in [0, 0.1) is 0 Å². The number of anilines is 1. The van der Waals surface area contributed by atoms with Gasteiger partial charge in [-0.05, 0) is 31.2 Å². The minimum absolute atomic E-state index is 0.136. The van der Waals surface area contributed by atoms with E-state index in [2.05, 4.69) is 15.6 Å². The van der Waals surface area contributed by atoms with Gasteiger partial charge in [-0.2, -0.15) is 0 Å². The molecule has 0 aliphatic heterocycles. The highest BCUT2D eigenvalue weighted by atomic mass is 32.2. The molecule has 0 fully saturated rings. The van der Waals surface area contributed by atoms with Gasteiger partial charge in [-0.3, -0.25) is 14.6 Å². The van der Waals surface area contributed by atoms with E-state index in [1.54, 1.807) is 30.5 Å². The number of benzene rings is 1. The molecule has 0 radical (unpaired) electrons. The number of nitrogens with one attached hydrogen (secondary N) is 2. The van der Waals surface area contributed by atoms with Crippen molar-refractivity contribution in [2.45, 2.75) is 12.7 Å². The van der Waals surface area contributed by atoms with Crippen molar-refractivity contribution in [3.8, 4) is 0 Å². The summed E-state index contributed by atoms with van der Waals surface area (Å²) in [6, 6.07) is 12.7. The smallest absolute Gasteiger partial charge is 0.253 e. The van der Waals surface area contributed by atoms with Crippen molar-refractivity contribution in [3.05, 3.63) is 59.9 Å². The maximum atomic E-state index is 12.1. The average molecular weight is 329 g/mol. The van der Waals surface area contributed by atoms with Crippen LogP contribution in [-0.2, 0) is 10.5 Å². The SMILES string of the molecule is CCNC(=O)c1ccccc1NC(=O)CSCc1ccccn1. The Morgan fingerprint density at radius 3 is 2.65 bits per heavy atom. The first-order valence-electron chi connectivity index (χ1n) is 7.35. The second kappa shape index (κ2) is 8.95. The zero-order chi connectivity index (χ0) is 16.5. The van der Waals surface area contributed by atoms with E-state index in [0.717, 1.165) is 5.69 Å². The molecule has 6 heteroatoms. The molecule has 1 heterocycles. The molecule has 2 N–H and O–H groups in total. The van der Waals surface area contributed by atoms with Gasteiger partial charge in [0.15, 0.2) is 0 Å². The number of pyridine rings is 1. The van der Waals surface area contributed by atoms with Crippen molar-refractivity contribution >= 4 is 29.3 Å². The summed E-state index contributed by atoms with van der Waals surface area (Å²) >= 11 is 1.48. The van der Waals surface area contributed by atoms with Gasteiger partial charge in [0.05, 0.1) is 22.7 Å². The van der Waals surface area contributed by atoms with Gasteiger partial charge in [0, 0.05) is 18.5 Å². The molecular weight excluding hydrogens is 310 g/mol. The largest absolute Gasteiger partial charge is 0.352 e. The summed E-state index contributed by atoms with van der Waals surface area (Å²) in [5.41, 5.74) is 1.94. The van der Waals surface area contributed by atoms with Crippen LogP contribution in [-0.4, -0.2) is 29.1 Å². The Morgan fingerprint density at radius 1 is 1.13 bits per heavy atom. The summed E-state index contributed by atoms with van der Waals surface area (Å²) in [6.45, 7) is 2.40. The minimum atomic E-state index is -0.190. The lowest BCUT2D eigenvalue weighted by atomic mass is 10.1. The Kier molecular flexibility index (Phi) is 6.62. The van der Waals surface area contributed by atoms with Gasteiger partial charge < -0.3 is 10.6 Å². The average Bonchev–Trinajstić information content (AvgIpc) is 2.56. The van der Waals surface area contributed by atoms with Crippen molar-refractivity contribution in [2.75, 3.05) is 17.6 Å². The van der Waals surface area contributed by atoms with E-state index in [-0.39, 0.29) is 11.8 Å². The maximum absolute atomic E-state index is 12.1. The fourth-order valence-electron chi connectivity index (χ4n) is 1.96. The molecule has 120 valence electrons. The molecule has 1 aromatic carbocycles. The number of carbonyl (C=O) groups is 2. The van der Waals surface area contributed by atoms with Gasteiger partial charge in [0.25, 0.3) is 5.91 Å². The third-order valence-corrected chi connectivity index (χ3v) is 3.96. The van der Waals surface area contributed by atoms with Crippen LogP contribution in [0.15, 0.2) is 48.7 Å². The Bertz CT molecular complexity index is 662. The van der Waals surface area contributed by atoms with Gasteiger partial charge in [-0.15, -0.1) is 11.8 Å².